The molecular weight excluding hydrogens is 407 g/mol. The highest BCUT2D eigenvalue weighted by atomic mass is 19.1. The SMILES string of the molecule is O=C(Nc1c(C(c2ccccc2F)N2CCOCC2)oc2ccccc12)c1ccccc1. The van der Waals surface area contributed by atoms with Crippen molar-refractivity contribution >= 4 is 22.6 Å². The highest BCUT2D eigenvalue weighted by Gasteiger charge is 2.33. The Morgan fingerprint density at radius 3 is 2.38 bits per heavy atom. The molecule has 0 bridgehead atoms. The van der Waals surface area contributed by atoms with Crippen LogP contribution in [0, 0.1) is 5.82 Å². The van der Waals surface area contributed by atoms with Crippen LogP contribution in [0.15, 0.2) is 83.3 Å². The minimum Gasteiger partial charge on any atom is -0.457 e. The van der Waals surface area contributed by atoms with Gasteiger partial charge < -0.3 is 14.5 Å². The number of morpholine rings is 1. The Balaban J connectivity index is 1.65. The van der Waals surface area contributed by atoms with Gasteiger partial charge in [0.05, 0.1) is 24.9 Å². The van der Waals surface area contributed by atoms with Crippen molar-refractivity contribution in [3.63, 3.8) is 0 Å². The van der Waals surface area contributed by atoms with E-state index in [1.807, 2.05) is 48.5 Å². The van der Waals surface area contributed by atoms with E-state index in [0.29, 0.717) is 54.5 Å². The van der Waals surface area contributed by atoms with Crippen LogP contribution in [0.3, 0.4) is 0 Å². The third kappa shape index (κ3) is 3.90. The Bertz CT molecular complexity index is 1230. The summed E-state index contributed by atoms with van der Waals surface area (Å²) in [4.78, 5) is 15.2. The lowest BCUT2D eigenvalue weighted by molar-refractivity contribution is 0.0199. The lowest BCUT2D eigenvalue weighted by Gasteiger charge is -2.34. The zero-order chi connectivity index (χ0) is 21.9. The molecule has 0 spiro atoms. The largest absolute Gasteiger partial charge is 0.457 e. The van der Waals surface area contributed by atoms with Gasteiger partial charge in [-0.15, -0.1) is 0 Å². The molecule has 1 atom stereocenters. The molecule has 1 aliphatic heterocycles. The molecule has 1 amide bonds. The van der Waals surface area contributed by atoms with Crippen LogP contribution in [0.2, 0.25) is 0 Å². The highest BCUT2D eigenvalue weighted by Crippen LogP contribution is 2.41. The van der Waals surface area contributed by atoms with Crippen molar-refractivity contribution in [3.05, 3.63) is 102 Å². The molecule has 0 aliphatic carbocycles. The van der Waals surface area contributed by atoms with E-state index in [1.165, 1.54) is 6.07 Å². The number of halogens is 1. The molecule has 0 radical (unpaired) electrons. The first-order chi connectivity index (χ1) is 15.7. The number of amides is 1. The summed E-state index contributed by atoms with van der Waals surface area (Å²) in [6.07, 6.45) is 0. The lowest BCUT2D eigenvalue weighted by Crippen LogP contribution is -2.40. The molecule has 1 aromatic heterocycles. The third-order valence-electron chi connectivity index (χ3n) is 5.76. The maximum Gasteiger partial charge on any atom is 0.255 e. The van der Waals surface area contributed by atoms with Crippen molar-refractivity contribution in [1.82, 2.24) is 4.90 Å². The van der Waals surface area contributed by atoms with Crippen molar-refractivity contribution in [3.8, 4) is 0 Å². The number of fused-ring (bicyclic) bond motifs is 1. The average molecular weight is 430 g/mol. The number of anilines is 1. The minimum absolute atomic E-state index is 0.243. The maximum absolute atomic E-state index is 15.0. The van der Waals surface area contributed by atoms with E-state index in [1.54, 1.807) is 24.3 Å². The first-order valence-electron chi connectivity index (χ1n) is 10.7. The fourth-order valence-electron chi connectivity index (χ4n) is 4.20. The smallest absolute Gasteiger partial charge is 0.255 e. The molecule has 162 valence electrons. The van der Waals surface area contributed by atoms with Gasteiger partial charge in [-0.3, -0.25) is 9.69 Å². The molecule has 5 rings (SSSR count). The molecule has 1 fully saturated rings. The van der Waals surface area contributed by atoms with Crippen LogP contribution in [0.25, 0.3) is 11.0 Å². The maximum atomic E-state index is 15.0. The number of hydrogen-bond donors (Lipinski definition) is 1. The second-order valence-electron chi connectivity index (χ2n) is 7.73. The number of carbonyl (C=O) groups excluding carboxylic acids is 1. The second kappa shape index (κ2) is 8.94. The summed E-state index contributed by atoms with van der Waals surface area (Å²) in [6.45, 7) is 2.36. The molecule has 1 saturated heterocycles. The van der Waals surface area contributed by atoms with E-state index < -0.39 is 6.04 Å². The summed E-state index contributed by atoms with van der Waals surface area (Å²) in [5.74, 6) is -0.0417. The number of furan rings is 1. The number of para-hydroxylation sites is 1. The summed E-state index contributed by atoms with van der Waals surface area (Å²) in [7, 11) is 0. The molecule has 1 aliphatic rings. The summed E-state index contributed by atoms with van der Waals surface area (Å²) >= 11 is 0. The molecular formula is C26H23FN2O3. The molecule has 32 heavy (non-hydrogen) atoms. The molecule has 4 aromatic rings. The van der Waals surface area contributed by atoms with Crippen LogP contribution in [0.4, 0.5) is 10.1 Å². The fraction of sp³-hybridized carbons (Fsp3) is 0.192. The van der Waals surface area contributed by atoms with E-state index in [9.17, 15) is 4.79 Å². The van der Waals surface area contributed by atoms with E-state index in [0.717, 1.165) is 5.39 Å². The molecule has 6 heteroatoms. The zero-order valence-electron chi connectivity index (χ0n) is 17.5. The minimum atomic E-state index is -0.501. The fourth-order valence-corrected chi connectivity index (χ4v) is 4.20. The second-order valence-corrected chi connectivity index (χ2v) is 7.73. The summed E-state index contributed by atoms with van der Waals surface area (Å²) in [5, 5.41) is 3.82. The molecule has 0 saturated carbocycles. The lowest BCUT2D eigenvalue weighted by atomic mass is 9.99. The van der Waals surface area contributed by atoms with Crippen LogP contribution in [-0.2, 0) is 4.74 Å². The van der Waals surface area contributed by atoms with Crippen LogP contribution in [0.5, 0.6) is 0 Å². The average Bonchev–Trinajstić information content (AvgIpc) is 3.19. The van der Waals surface area contributed by atoms with Gasteiger partial charge in [-0.1, -0.05) is 48.5 Å². The summed E-state index contributed by atoms with van der Waals surface area (Å²) < 4.78 is 26.8. The van der Waals surface area contributed by atoms with Crippen LogP contribution >= 0.6 is 0 Å². The van der Waals surface area contributed by atoms with Gasteiger partial charge in [0.25, 0.3) is 5.91 Å². The summed E-state index contributed by atoms with van der Waals surface area (Å²) in [5.41, 5.74) is 2.25. The molecule has 5 nitrogen and oxygen atoms in total. The monoisotopic (exact) mass is 430 g/mol. The van der Waals surface area contributed by atoms with Gasteiger partial charge in [-0.25, -0.2) is 4.39 Å². The number of nitrogens with one attached hydrogen (secondary N) is 1. The number of nitrogens with zero attached hydrogens (tertiary/aromatic N) is 1. The van der Waals surface area contributed by atoms with Crippen molar-refractivity contribution in [2.45, 2.75) is 6.04 Å². The summed E-state index contributed by atoms with van der Waals surface area (Å²) in [6, 6.07) is 22.8. The van der Waals surface area contributed by atoms with Gasteiger partial charge in [-0.05, 0) is 30.3 Å². The van der Waals surface area contributed by atoms with Crippen LogP contribution < -0.4 is 5.32 Å². The normalized spacial score (nSPS) is 15.5. The van der Waals surface area contributed by atoms with Crippen molar-refractivity contribution in [1.29, 1.82) is 0 Å². The Kier molecular flexibility index (Phi) is 5.71. The van der Waals surface area contributed by atoms with E-state index >= 15 is 4.39 Å². The van der Waals surface area contributed by atoms with Gasteiger partial charge in [0.1, 0.15) is 11.4 Å². The van der Waals surface area contributed by atoms with Crippen molar-refractivity contribution in [2.24, 2.45) is 0 Å². The first-order valence-corrected chi connectivity index (χ1v) is 10.7. The molecule has 1 unspecified atom stereocenters. The standard InChI is InChI=1S/C26H23FN2O3/c27-21-12-6-4-10-19(21)24(29-14-16-31-17-15-29)25-23(20-11-5-7-13-22(20)32-25)28-26(30)18-8-2-1-3-9-18/h1-13,24H,14-17H2,(H,28,30). The van der Waals surface area contributed by atoms with Crippen molar-refractivity contribution < 1.29 is 18.3 Å². The van der Waals surface area contributed by atoms with E-state index in [2.05, 4.69) is 10.2 Å². The number of ether oxygens (including phenoxy) is 1. The number of benzene rings is 3. The number of hydrogen-bond acceptors (Lipinski definition) is 4. The quantitative estimate of drug-likeness (QED) is 0.470. The topological polar surface area (TPSA) is 54.7 Å². The first kappa shape index (κ1) is 20.4. The van der Waals surface area contributed by atoms with Crippen molar-refractivity contribution in [2.75, 3.05) is 31.6 Å². The number of carbonyl (C=O) groups is 1. The predicted molar refractivity (Wildman–Crippen MR) is 121 cm³/mol. The molecule has 1 N–H and O–H groups in total. The Morgan fingerprint density at radius 2 is 1.59 bits per heavy atom. The van der Waals surface area contributed by atoms with Crippen LogP contribution in [0.1, 0.15) is 27.7 Å². The van der Waals surface area contributed by atoms with E-state index in [4.69, 9.17) is 9.15 Å². The third-order valence-corrected chi connectivity index (χ3v) is 5.76. The van der Waals surface area contributed by atoms with Gasteiger partial charge in [0, 0.05) is 29.6 Å². The Labute approximate surface area is 185 Å². The number of rotatable bonds is 5. The van der Waals surface area contributed by atoms with Crippen LogP contribution in [-0.4, -0.2) is 37.1 Å². The zero-order valence-corrected chi connectivity index (χ0v) is 17.5. The molecule has 3 aromatic carbocycles. The van der Waals surface area contributed by atoms with Gasteiger partial charge in [0.15, 0.2) is 5.76 Å². The van der Waals surface area contributed by atoms with Gasteiger partial charge in [-0.2, -0.15) is 0 Å². The Morgan fingerprint density at radius 1 is 0.906 bits per heavy atom. The van der Waals surface area contributed by atoms with Gasteiger partial charge >= 0.3 is 0 Å². The predicted octanol–water partition coefficient (Wildman–Crippen LogP) is 5.25. The molecule has 2 heterocycles. The highest BCUT2D eigenvalue weighted by molar-refractivity contribution is 6.09. The Hall–Kier alpha value is -3.48. The van der Waals surface area contributed by atoms with E-state index in [-0.39, 0.29) is 11.7 Å². The van der Waals surface area contributed by atoms with Gasteiger partial charge in [0.2, 0.25) is 0 Å².